The summed E-state index contributed by atoms with van der Waals surface area (Å²) < 4.78 is 5.34. The fourth-order valence-electron chi connectivity index (χ4n) is 2.98. The van der Waals surface area contributed by atoms with E-state index in [1.165, 1.54) is 0 Å². The first kappa shape index (κ1) is 20.9. The SMILES string of the molecule is Cl.NCC1(C(=O)Nc2ccc(C(=O)Nc3ccccc3)cc2)CCOCC1. The van der Waals surface area contributed by atoms with Crippen molar-refractivity contribution < 1.29 is 14.3 Å². The first-order chi connectivity index (χ1) is 12.6. The van der Waals surface area contributed by atoms with E-state index in [1.807, 2.05) is 30.3 Å². The maximum absolute atomic E-state index is 12.7. The third-order valence-corrected chi connectivity index (χ3v) is 4.76. The van der Waals surface area contributed by atoms with Crippen molar-refractivity contribution >= 4 is 35.6 Å². The highest BCUT2D eigenvalue weighted by Crippen LogP contribution is 2.31. The van der Waals surface area contributed by atoms with Crippen molar-refractivity contribution in [2.24, 2.45) is 11.1 Å². The van der Waals surface area contributed by atoms with Gasteiger partial charge in [0.05, 0.1) is 5.41 Å². The van der Waals surface area contributed by atoms with Gasteiger partial charge in [-0.1, -0.05) is 18.2 Å². The van der Waals surface area contributed by atoms with Crippen LogP contribution in [-0.4, -0.2) is 31.6 Å². The van der Waals surface area contributed by atoms with Gasteiger partial charge < -0.3 is 21.1 Å². The number of para-hydroxylation sites is 1. The second kappa shape index (κ2) is 9.50. The first-order valence-corrected chi connectivity index (χ1v) is 8.69. The van der Waals surface area contributed by atoms with Crippen molar-refractivity contribution in [3.05, 3.63) is 60.2 Å². The van der Waals surface area contributed by atoms with Crippen molar-refractivity contribution in [2.45, 2.75) is 12.8 Å². The number of nitrogens with two attached hydrogens (primary N) is 1. The predicted molar refractivity (Wildman–Crippen MR) is 108 cm³/mol. The van der Waals surface area contributed by atoms with Crippen molar-refractivity contribution in [1.29, 1.82) is 0 Å². The number of rotatable bonds is 5. The number of benzene rings is 2. The van der Waals surface area contributed by atoms with Gasteiger partial charge in [0.15, 0.2) is 0 Å². The molecule has 0 aliphatic carbocycles. The number of anilines is 2. The number of carbonyl (C=O) groups is 2. The van der Waals surface area contributed by atoms with Crippen LogP contribution in [0.15, 0.2) is 54.6 Å². The van der Waals surface area contributed by atoms with Crippen LogP contribution in [0.1, 0.15) is 23.2 Å². The molecule has 1 saturated heterocycles. The Hall–Kier alpha value is -2.41. The summed E-state index contributed by atoms with van der Waals surface area (Å²) in [6, 6.07) is 16.1. The summed E-state index contributed by atoms with van der Waals surface area (Å²) in [5.74, 6) is -0.290. The summed E-state index contributed by atoms with van der Waals surface area (Å²) in [4.78, 5) is 24.9. The Kier molecular flexibility index (Phi) is 7.36. The number of carbonyl (C=O) groups excluding carboxylic acids is 2. The van der Waals surface area contributed by atoms with E-state index in [1.54, 1.807) is 24.3 Å². The Bertz CT molecular complexity index is 760. The zero-order valence-corrected chi connectivity index (χ0v) is 15.8. The van der Waals surface area contributed by atoms with E-state index in [4.69, 9.17) is 10.5 Å². The molecule has 2 amide bonds. The highest BCUT2D eigenvalue weighted by Gasteiger charge is 2.38. The molecule has 2 aromatic carbocycles. The smallest absolute Gasteiger partial charge is 0.255 e. The second-order valence-corrected chi connectivity index (χ2v) is 6.45. The number of hydrogen-bond donors (Lipinski definition) is 3. The van der Waals surface area contributed by atoms with Crippen molar-refractivity contribution in [3.63, 3.8) is 0 Å². The molecule has 1 fully saturated rings. The van der Waals surface area contributed by atoms with Crippen LogP contribution in [0.3, 0.4) is 0 Å². The Morgan fingerprint density at radius 1 is 0.926 bits per heavy atom. The minimum atomic E-state index is -0.582. The highest BCUT2D eigenvalue weighted by atomic mass is 35.5. The number of nitrogens with one attached hydrogen (secondary N) is 2. The van der Waals surface area contributed by atoms with E-state index in [0.29, 0.717) is 43.9 Å². The molecule has 0 radical (unpaired) electrons. The number of amides is 2. The van der Waals surface area contributed by atoms with Crippen LogP contribution < -0.4 is 16.4 Å². The zero-order valence-electron chi connectivity index (χ0n) is 14.9. The topological polar surface area (TPSA) is 93.5 Å². The Balaban J connectivity index is 0.00000261. The monoisotopic (exact) mass is 389 g/mol. The fourth-order valence-corrected chi connectivity index (χ4v) is 2.98. The van der Waals surface area contributed by atoms with E-state index in [9.17, 15) is 9.59 Å². The molecular formula is C20H24ClN3O3. The molecule has 1 heterocycles. The van der Waals surface area contributed by atoms with Gasteiger partial charge in [-0.3, -0.25) is 9.59 Å². The first-order valence-electron chi connectivity index (χ1n) is 8.69. The normalized spacial score (nSPS) is 15.3. The summed E-state index contributed by atoms with van der Waals surface area (Å²) in [5.41, 5.74) is 7.18. The lowest BCUT2D eigenvalue weighted by Crippen LogP contribution is -2.46. The Morgan fingerprint density at radius 2 is 1.52 bits per heavy atom. The number of halogens is 1. The molecule has 0 spiro atoms. The Morgan fingerprint density at radius 3 is 2.11 bits per heavy atom. The van der Waals surface area contributed by atoms with Crippen LogP contribution in [-0.2, 0) is 9.53 Å². The molecule has 6 nitrogen and oxygen atoms in total. The molecular weight excluding hydrogens is 366 g/mol. The minimum Gasteiger partial charge on any atom is -0.381 e. The lowest BCUT2D eigenvalue weighted by atomic mass is 9.79. The molecule has 144 valence electrons. The van der Waals surface area contributed by atoms with Crippen molar-refractivity contribution in [3.8, 4) is 0 Å². The molecule has 0 unspecified atom stereocenters. The van der Waals surface area contributed by atoms with Crippen LogP contribution in [0.4, 0.5) is 11.4 Å². The number of ether oxygens (including phenoxy) is 1. The highest BCUT2D eigenvalue weighted by molar-refractivity contribution is 6.04. The van der Waals surface area contributed by atoms with E-state index >= 15 is 0 Å². The molecule has 2 aromatic rings. The van der Waals surface area contributed by atoms with Gasteiger partial charge >= 0.3 is 0 Å². The average Bonchev–Trinajstić information content (AvgIpc) is 2.69. The largest absolute Gasteiger partial charge is 0.381 e. The van der Waals surface area contributed by atoms with Crippen LogP contribution >= 0.6 is 12.4 Å². The lowest BCUT2D eigenvalue weighted by Gasteiger charge is -2.34. The summed E-state index contributed by atoms with van der Waals surface area (Å²) in [6.45, 7) is 1.38. The second-order valence-electron chi connectivity index (χ2n) is 6.45. The molecule has 3 rings (SSSR count). The van der Waals surface area contributed by atoms with E-state index in [2.05, 4.69) is 10.6 Å². The zero-order chi connectivity index (χ0) is 18.4. The van der Waals surface area contributed by atoms with Crippen molar-refractivity contribution in [2.75, 3.05) is 30.4 Å². The maximum Gasteiger partial charge on any atom is 0.255 e. The van der Waals surface area contributed by atoms with Crippen molar-refractivity contribution in [1.82, 2.24) is 0 Å². The van der Waals surface area contributed by atoms with Crippen LogP contribution in [0.5, 0.6) is 0 Å². The molecule has 0 atom stereocenters. The summed E-state index contributed by atoms with van der Waals surface area (Å²) in [7, 11) is 0. The molecule has 27 heavy (non-hydrogen) atoms. The van der Waals surface area contributed by atoms with Gasteiger partial charge in [-0.25, -0.2) is 0 Å². The van der Waals surface area contributed by atoms with Crippen LogP contribution in [0.2, 0.25) is 0 Å². The third-order valence-electron chi connectivity index (χ3n) is 4.76. The van der Waals surface area contributed by atoms with E-state index in [0.717, 1.165) is 5.69 Å². The molecule has 4 N–H and O–H groups in total. The Labute approximate surface area is 164 Å². The van der Waals surface area contributed by atoms with Gasteiger partial charge in [0.1, 0.15) is 0 Å². The molecule has 7 heteroatoms. The van der Waals surface area contributed by atoms with Gasteiger partial charge in [0.25, 0.3) is 5.91 Å². The standard InChI is InChI=1S/C20H23N3O3.ClH/c21-14-20(10-12-26-13-11-20)19(25)23-17-8-6-15(7-9-17)18(24)22-16-4-2-1-3-5-16;/h1-9H,10-14,21H2,(H,22,24)(H,23,25);1H. The summed E-state index contributed by atoms with van der Waals surface area (Å²) in [5, 5.41) is 5.74. The van der Waals surface area contributed by atoms with Gasteiger partial charge in [-0.05, 0) is 49.2 Å². The van der Waals surface area contributed by atoms with Crippen LogP contribution in [0, 0.1) is 5.41 Å². The molecule has 1 aliphatic heterocycles. The predicted octanol–water partition coefficient (Wildman–Crippen LogP) is 3.05. The van der Waals surface area contributed by atoms with Crippen LogP contribution in [0.25, 0.3) is 0 Å². The molecule has 0 bridgehead atoms. The summed E-state index contributed by atoms with van der Waals surface area (Å²) >= 11 is 0. The fraction of sp³-hybridized carbons (Fsp3) is 0.300. The number of hydrogen-bond acceptors (Lipinski definition) is 4. The minimum absolute atomic E-state index is 0. The van der Waals surface area contributed by atoms with Gasteiger partial charge in [0, 0.05) is 36.7 Å². The maximum atomic E-state index is 12.7. The van der Waals surface area contributed by atoms with E-state index < -0.39 is 5.41 Å². The van der Waals surface area contributed by atoms with Gasteiger partial charge in [-0.2, -0.15) is 0 Å². The molecule has 0 aromatic heterocycles. The van der Waals surface area contributed by atoms with Gasteiger partial charge in [0.2, 0.25) is 5.91 Å². The van der Waals surface area contributed by atoms with Gasteiger partial charge in [-0.15, -0.1) is 12.4 Å². The van der Waals surface area contributed by atoms with E-state index in [-0.39, 0.29) is 24.2 Å². The quantitative estimate of drug-likeness (QED) is 0.732. The average molecular weight is 390 g/mol. The molecule has 0 saturated carbocycles. The summed E-state index contributed by atoms with van der Waals surface area (Å²) in [6.07, 6.45) is 1.24. The molecule has 1 aliphatic rings. The lowest BCUT2D eigenvalue weighted by molar-refractivity contribution is -0.130. The third kappa shape index (κ3) is 5.07.